The Morgan fingerprint density at radius 1 is 1.00 bits per heavy atom. The molecule has 0 aliphatic heterocycles. The van der Waals surface area contributed by atoms with Crippen LogP contribution >= 0.6 is 12.3 Å². The van der Waals surface area contributed by atoms with Gasteiger partial charge in [-0.25, -0.2) is 8.78 Å². The van der Waals surface area contributed by atoms with Crippen molar-refractivity contribution < 1.29 is 27.4 Å². The van der Waals surface area contributed by atoms with Crippen molar-refractivity contribution in [3.05, 3.63) is 70.3 Å². The third-order valence-corrected chi connectivity index (χ3v) is 6.05. The molecule has 0 radical (unpaired) electrons. The first kappa shape index (κ1) is 29.7. The molecule has 3 N–H and O–H groups in total. The van der Waals surface area contributed by atoms with E-state index in [4.69, 9.17) is 0 Å². The van der Waals surface area contributed by atoms with E-state index in [-0.39, 0.29) is 24.4 Å². The topological polar surface area (TPSA) is 71.0 Å². The van der Waals surface area contributed by atoms with Crippen molar-refractivity contribution in [3.63, 3.8) is 0 Å². The van der Waals surface area contributed by atoms with Crippen LogP contribution in [0.2, 0.25) is 0 Å². The van der Waals surface area contributed by atoms with Crippen LogP contribution in [0.3, 0.4) is 0 Å². The normalized spacial score (nSPS) is 17.2. The second-order valence-corrected chi connectivity index (χ2v) is 10.9. The molecular formula is C27H39F2NO4S. The predicted molar refractivity (Wildman–Crippen MR) is 137 cm³/mol. The third kappa shape index (κ3) is 10.5. The van der Waals surface area contributed by atoms with Crippen molar-refractivity contribution in [2.45, 2.75) is 71.1 Å². The summed E-state index contributed by atoms with van der Waals surface area (Å²) >= 11 is 0.963. The van der Waals surface area contributed by atoms with E-state index in [1.807, 2.05) is 0 Å². The standard InChI is InChI=1S/C25H33F2NO2.C2H6O2S/c1-25(2,3)14-16-7-8-18-5-4-6-22(21(18)11-16)28-15-24(30)23(29)12-17-9-19(26)13-20(27)10-17;1-3-5-4-2/h7-11,13,22-24,28-30H,4-6,12,14-15H2,1-3H3;1-2H3. The van der Waals surface area contributed by atoms with Crippen LogP contribution in [0, 0.1) is 17.0 Å². The quantitative estimate of drug-likeness (QED) is 0.396. The zero-order chi connectivity index (χ0) is 26.0. The number of aryl methyl sites for hydroxylation is 1. The van der Waals surface area contributed by atoms with Crippen LogP contribution in [0.15, 0.2) is 36.4 Å². The molecule has 0 fully saturated rings. The lowest BCUT2D eigenvalue weighted by atomic mass is 9.82. The van der Waals surface area contributed by atoms with Crippen molar-refractivity contribution >= 4 is 12.3 Å². The highest BCUT2D eigenvalue weighted by Crippen LogP contribution is 2.32. The second-order valence-electron chi connectivity index (χ2n) is 10.1. The van der Waals surface area contributed by atoms with E-state index >= 15 is 0 Å². The molecule has 0 saturated carbocycles. The summed E-state index contributed by atoms with van der Waals surface area (Å²) in [5.74, 6) is -1.37. The summed E-state index contributed by atoms with van der Waals surface area (Å²) in [7, 11) is 3.10. The SMILES string of the molecule is CC(C)(C)Cc1ccc2c(c1)C(NCC(O)C(O)Cc1cc(F)cc(F)c1)CCC2.COSOC. The molecule has 2 aromatic rings. The minimum atomic E-state index is -1.10. The maximum Gasteiger partial charge on any atom is 0.158 e. The van der Waals surface area contributed by atoms with Crippen molar-refractivity contribution in [1.82, 2.24) is 5.32 Å². The Labute approximate surface area is 212 Å². The zero-order valence-electron chi connectivity index (χ0n) is 21.3. The second kappa shape index (κ2) is 14.3. The molecule has 3 rings (SSSR count). The first-order chi connectivity index (χ1) is 16.5. The van der Waals surface area contributed by atoms with Gasteiger partial charge in [0, 0.05) is 25.1 Å². The molecule has 1 aliphatic rings. The summed E-state index contributed by atoms with van der Waals surface area (Å²) in [5, 5.41) is 24.1. The van der Waals surface area contributed by atoms with Crippen LogP contribution in [0.25, 0.3) is 0 Å². The summed E-state index contributed by atoms with van der Waals surface area (Å²) in [6.07, 6.45) is 1.97. The van der Waals surface area contributed by atoms with Crippen molar-refractivity contribution in [2.24, 2.45) is 5.41 Å². The fourth-order valence-corrected chi connectivity index (χ4v) is 4.49. The Bertz CT molecular complexity index is 900. The highest BCUT2D eigenvalue weighted by Gasteiger charge is 2.24. The predicted octanol–water partition coefficient (Wildman–Crippen LogP) is 5.33. The molecule has 3 atom stereocenters. The number of aliphatic hydroxyl groups is 2. The lowest BCUT2D eigenvalue weighted by molar-refractivity contribution is 0.0188. The Kier molecular flexibility index (Phi) is 12.1. The number of hydrogen-bond acceptors (Lipinski definition) is 6. The fourth-order valence-electron chi connectivity index (χ4n) is 4.36. The van der Waals surface area contributed by atoms with Gasteiger partial charge in [0.2, 0.25) is 0 Å². The van der Waals surface area contributed by atoms with Crippen LogP contribution in [-0.2, 0) is 27.6 Å². The molecule has 8 heteroatoms. The molecule has 3 unspecified atom stereocenters. The van der Waals surface area contributed by atoms with Crippen LogP contribution in [0.4, 0.5) is 8.78 Å². The zero-order valence-corrected chi connectivity index (χ0v) is 22.1. The minimum Gasteiger partial charge on any atom is -0.390 e. The van der Waals surface area contributed by atoms with Gasteiger partial charge < -0.3 is 15.5 Å². The van der Waals surface area contributed by atoms with Gasteiger partial charge in [-0.2, -0.15) is 0 Å². The Morgan fingerprint density at radius 3 is 2.23 bits per heavy atom. The molecule has 5 nitrogen and oxygen atoms in total. The van der Waals surface area contributed by atoms with Gasteiger partial charge in [-0.05, 0) is 65.5 Å². The van der Waals surface area contributed by atoms with E-state index in [2.05, 4.69) is 52.7 Å². The Balaban J connectivity index is 0.000000784. The number of aliphatic hydroxyl groups excluding tert-OH is 2. The summed E-state index contributed by atoms with van der Waals surface area (Å²) in [6.45, 7) is 6.89. The van der Waals surface area contributed by atoms with E-state index in [1.165, 1.54) is 28.8 Å². The van der Waals surface area contributed by atoms with Crippen molar-refractivity contribution in [1.29, 1.82) is 0 Å². The van der Waals surface area contributed by atoms with Crippen LogP contribution in [-0.4, -0.2) is 43.2 Å². The highest BCUT2D eigenvalue weighted by molar-refractivity contribution is 7.89. The highest BCUT2D eigenvalue weighted by atomic mass is 32.2. The van der Waals surface area contributed by atoms with Gasteiger partial charge in [-0.1, -0.05) is 39.0 Å². The molecule has 1 aliphatic carbocycles. The maximum absolute atomic E-state index is 13.4. The van der Waals surface area contributed by atoms with Gasteiger partial charge in [-0.3, -0.25) is 8.37 Å². The minimum absolute atomic E-state index is 0.00545. The largest absolute Gasteiger partial charge is 0.390 e. The van der Waals surface area contributed by atoms with Gasteiger partial charge in [0.15, 0.2) is 12.3 Å². The lowest BCUT2D eigenvalue weighted by Gasteiger charge is -2.29. The average molecular weight is 512 g/mol. The molecule has 0 bridgehead atoms. The molecule has 2 aromatic carbocycles. The van der Waals surface area contributed by atoms with Gasteiger partial charge in [0.25, 0.3) is 0 Å². The van der Waals surface area contributed by atoms with Crippen molar-refractivity contribution in [3.8, 4) is 0 Å². The number of fused-ring (bicyclic) bond motifs is 1. The molecule has 0 amide bonds. The average Bonchev–Trinajstić information content (AvgIpc) is 2.76. The molecule has 35 heavy (non-hydrogen) atoms. The summed E-state index contributed by atoms with van der Waals surface area (Å²) < 4.78 is 35.5. The van der Waals surface area contributed by atoms with Gasteiger partial charge in [0.1, 0.15) is 11.6 Å². The smallest absolute Gasteiger partial charge is 0.158 e. The molecule has 196 valence electrons. The van der Waals surface area contributed by atoms with Crippen molar-refractivity contribution in [2.75, 3.05) is 20.8 Å². The van der Waals surface area contributed by atoms with Gasteiger partial charge >= 0.3 is 0 Å². The van der Waals surface area contributed by atoms with E-state index in [0.29, 0.717) is 5.56 Å². The molecule has 0 saturated heterocycles. The lowest BCUT2D eigenvalue weighted by Crippen LogP contribution is -2.39. The number of hydrogen-bond donors (Lipinski definition) is 3. The monoisotopic (exact) mass is 511 g/mol. The fraction of sp³-hybridized carbons (Fsp3) is 0.556. The van der Waals surface area contributed by atoms with Crippen LogP contribution in [0.5, 0.6) is 0 Å². The van der Waals surface area contributed by atoms with E-state index in [1.54, 1.807) is 14.2 Å². The maximum atomic E-state index is 13.4. The molecule has 0 aromatic heterocycles. The first-order valence-corrected chi connectivity index (χ1v) is 12.6. The summed E-state index contributed by atoms with van der Waals surface area (Å²) in [4.78, 5) is 0. The molecule has 0 heterocycles. The van der Waals surface area contributed by atoms with Crippen LogP contribution in [0.1, 0.15) is 61.9 Å². The van der Waals surface area contributed by atoms with E-state index in [0.717, 1.165) is 44.1 Å². The number of halogens is 2. The number of rotatable bonds is 9. The third-order valence-electron chi connectivity index (χ3n) is 5.78. The Hall–Kier alpha value is -1.55. The van der Waals surface area contributed by atoms with E-state index in [9.17, 15) is 19.0 Å². The van der Waals surface area contributed by atoms with Crippen LogP contribution < -0.4 is 5.32 Å². The number of benzene rings is 2. The molecular weight excluding hydrogens is 472 g/mol. The summed E-state index contributed by atoms with van der Waals surface area (Å²) in [5.41, 5.74) is 4.46. The van der Waals surface area contributed by atoms with Gasteiger partial charge in [0.05, 0.1) is 26.4 Å². The van der Waals surface area contributed by atoms with Gasteiger partial charge in [-0.15, -0.1) is 0 Å². The summed E-state index contributed by atoms with van der Waals surface area (Å²) in [6, 6.07) is 9.98. The Morgan fingerprint density at radius 2 is 1.66 bits per heavy atom. The number of nitrogens with one attached hydrogen (secondary N) is 1. The first-order valence-electron chi connectivity index (χ1n) is 11.9. The van der Waals surface area contributed by atoms with E-state index < -0.39 is 23.8 Å². The molecule has 0 spiro atoms.